The van der Waals surface area contributed by atoms with Crippen molar-refractivity contribution in [3.63, 3.8) is 0 Å². The lowest BCUT2D eigenvalue weighted by Gasteiger charge is -2.55. The first-order valence-electron chi connectivity index (χ1n) is 9.88. The molecule has 2 aromatic rings. The van der Waals surface area contributed by atoms with Crippen LogP contribution in [0, 0.1) is 5.92 Å². The summed E-state index contributed by atoms with van der Waals surface area (Å²) in [5, 5.41) is 4.70. The van der Waals surface area contributed by atoms with E-state index in [1.54, 1.807) is 0 Å². The largest absolute Gasteiger partial charge is 0.434 e. The number of hydrogen-bond acceptors (Lipinski definition) is 4. The molecule has 0 bridgehead atoms. The van der Waals surface area contributed by atoms with Gasteiger partial charge >= 0.3 is 6.18 Å². The number of benzene rings is 1. The standard InChI is InChI=1S/C21H23ClF3N3OS/c1-11(2)17(27-19-26-16(9-30-19)21(23,24)25)18(29)28-7-6-14-13-5-4-12(22)8-15(13)20(14,3)10-28/h4-5,8-9,11,14,17H,6-7,10H2,1-3H3,(H,26,27)/t14?,17-,20?/m1/s1. The molecule has 0 spiro atoms. The minimum Gasteiger partial charge on any atom is -0.349 e. The number of amides is 1. The van der Waals surface area contributed by atoms with Gasteiger partial charge in [0.25, 0.3) is 0 Å². The fourth-order valence-electron chi connectivity index (χ4n) is 4.71. The predicted octanol–water partition coefficient (Wildman–Crippen LogP) is 5.54. The number of alkyl halides is 3. The molecule has 2 unspecified atom stereocenters. The molecule has 2 heterocycles. The Labute approximate surface area is 182 Å². The number of likely N-dealkylation sites (tertiary alicyclic amines) is 1. The van der Waals surface area contributed by atoms with Crippen LogP contribution in [-0.2, 0) is 16.4 Å². The number of anilines is 1. The zero-order chi connectivity index (χ0) is 21.8. The van der Waals surface area contributed by atoms with E-state index < -0.39 is 17.9 Å². The molecular formula is C21H23ClF3N3OS. The first-order valence-corrected chi connectivity index (χ1v) is 11.1. The molecule has 30 heavy (non-hydrogen) atoms. The van der Waals surface area contributed by atoms with Gasteiger partial charge in [-0.1, -0.05) is 38.4 Å². The molecule has 4 nitrogen and oxygen atoms in total. The molecule has 1 aromatic carbocycles. The van der Waals surface area contributed by atoms with Gasteiger partial charge in [0.2, 0.25) is 5.91 Å². The average molecular weight is 458 g/mol. The number of rotatable bonds is 4. The van der Waals surface area contributed by atoms with Crippen LogP contribution in [0.25, 0.3) is 0 Å². The Hall–Kier alpha value is -1.80. The van der Waals surface area contributed by atoms with Gasteiger partial charge in [0.15, 0.2) is 10.8 Å². The molecule has 1 aromatic heterocycles. The maximum absolute atomic E-state index is 13.3. The van der Waals surface area contributed by atoms with Crippen LogP contribution in [0.15, 0.2) is 23.6 Å². The predicted molar refractivity (Wildman–Crippen MR) is 112 cm³/mol. The topological polar surface area (TPSA) is 45.2 Å². The fourth-order valence-corrected chi connectivity index (χ4v) is 5.64. The van der Waals surface area contributed by atoms with E-state index in [1.807, 2.05) is 30.9 Å². The molecule has 1 saturated heterocycles. The molecular weight excluding hydrogens is 435 g/mol. The Morgan fingerprint density at radius 3 is 2.77 bits per heavy atom. The average Bonchev–Trinajstić information content (AvgIpc) is 3.14. The summed E-state index contributed by atoms with van der Waals surface area (Å²) in [6, 6.07) is 5.31. The van der Waals surface area contributed by atoms with E-state index in [0.29, 0.717) is 24.0 Å². The molecule has 1 aliphatic carbocycles. The number of nitrogens with one attached hydrogen (secondary N) is 1. The van der Waals surface area contributed by atoms with Gasteiger partial charge in [0, 0.05) is 28.9 Å². The summed E-state index contributed by atoms with van der Waals surface area (Å²) in [4.78, 5) is 18.8. The molecule has 0 radical (unpaired) electrons. The minimum atomic E-state index is -4.50. The Balaban J connectivity index is 1.52. The first kappa shape index (κ1) is 21.4. The Morgan fingerprint density at radius 1 is 1.40 bits per heavy atom. The number of thiazole rings is 1. The lowest BCUT2D eigenvalue weighted by molar-refractivity contribution is -0.140. The SMILES string of the molecule is CC(C)[C@@H](Nc1nc(C(F)(F)F)cs1)C(=O)N1CCC2c3ccc(Cl)cc3C2(C)C1. The van der Waals surface area contributed by atoms with Crippen LogP contribution in [0.3, 0.4) is 0 Å². The number of carbonyl (C=O) groups is 1. The summed E-state index contributed by atoms with van der Waals surface area (Å²) >= 11 is 7.05. The fraction of sp³-hybridized carbons (Fsp3) is 0.524. The highest BCUT2D eigenvalue weighted by atomic mass is 35.5. The Morgan fingerprint density at radius 2 is 2.13 bits per heavy atom. The maximum atomic E-state index is 13.3. The number of carbonyl (C=O) groups excluding carboxylic acids is 1. The molecule has 2 aliphatic rings. The van der Waals surface area contributed by atoms with Crippen molar-refractivity contribution in [2.45, 2.75) is 50.7 Å². The third kappa shape index (κ3) is 3.58. The highest BCUT2D eigenvalue weighted by Crippen LogP contribution is 2.56. The van der Waals surface area contributed by atoms with E-state index in [4.69, 9.17) is 11.6 Å². The van der Waals surface area contributed by atoms with Crippen molar-refractivity contribution in [1.82, 2.24) is 9.88 Å². The lowest BCUT2D eigenvalue weighted by Crippen LogP contribution is -2.59. The first-order chi connectivity index (χ1) is 14.0. The zero-order valence-corrected chi connectivity index (χ0v) is 18.5. The third-order valence-corrected chi connectivity index (χ3v) is 7.31. The molecule has 1 aliphatic heterocycles. The normalized spacial score (nSPS) is 24.1. The number of nitrogens with zero attached hydrogens (tertiary/aromatic N) is 2. The minimum absolute atomic E-state index is 0.107. The van der Waals surface area contributed by atoms with Gasteiger partial charge in [-0.2, -0.15) is 13.2 Å². The van der Waals surface area contributed by atoms with Crippen LogP contribution < -0.4 is 5.32 Å². The van der Waals surface area contributed by atoms with E-state index in [-0.39, 0.29) is 22.4 Å². The number of halogens is 4. The number of piperidine rings is 1. The highest BCUT2D eigenvalue weighted by Gasteiger charge is 2.52. The smallest absolute Gasteiger partial charge is 0.349 e. The van der Waals surface area contributed by atoms with Crippen molar-refractivity contribution in [3.8, 4) is 0 Å². The van der Waals surface area contributed by atoms with Crippen molar-refractivity contribution in [2.24, 2.45) is 5.92 Å². The third-order valence-electron chi connectivity index (χ3n) is 6.30. The molecule has 1 fully saturated rings. The Bertz CT molecular complexity index is 977. The second kappa shape index (κ2) is 7.41. The van der Waals surface area contributed by atoms with Crippen molar-refractivity contribution in [1.29, 1.82) is 0 Å². The van der Waals surface area contributed by atoms with Crippen LogP contribution in [0.4, 0.5) is 18.3 Å². The highest BCUT2D eigenvalue weighted by molar-refractivity contribution is 7.13. The molecule has 162 valence electrons. The van der Waals surface area contributed by atoms with Crippen LogP contribution in [-0.4, -0.2) is 34.9 Å². The van der Waals surface area contributed by atoms with Crippen molar-refractivity contribution >= 4 is 34.0 Å². The summed E-state index contributed by atoms with van der Waals surface area (Å²) in [5.74, 6) is 0.181. The zero-order valence-electron chi connectivity index (χ0n) is 16.9. The van der Waals surface area contributed by atoms with E-state index in [2.05, 4.69) is 23.3 Å². The van der Waals surface area contributed by atoms with Crippen LogP contribution in [0.5, 0.6) is 0 Å². The van der Waals surface area contributed by atoms with Crippen LogP contribution >= 0.6 is 22.9 Å². The van der Waals surface area contributed by atoms with Gasteiger partial charge in [-0.25, -0.2) is 4.98 Å². The molecule has 3 atom stereocenters. The number of hydrogen-bond donors (Lipinski definition) is 1. The van der Waals surface area contributed by atoms with Gasteiger partial charge in [0.05, 0.1) is 0 Å². The monoisotopic (exact) mass is 457 g/mol. The second-order valence-electron chi connectivity index (χ2n) is 8.65. The summed E-state index contributed by atoms with van der Waals surface area (Å²) in [6.07, 6.45) is -3.64. The summed E-state index contributed by atoms with van der Waals surface area (Å²) in [5.41, 5.74) is 1.39. The Kier molecular flexibility index (Phi) is 5.29. The summed E-state index contributed by atoms with van der Waals surface area (Å²) < 4.78 is 38.6. The van der Waals surface area contributed by atoms with E-state index in [1.165, 1.54) is 11.1 Å². The molecule has 1 amide bonds. The van der Waals surface area contributed by atoms with Crippen LogP contribution in [0.1, 0.15) is 49.9 Å². The second-order valence-corrected chi connectivity index (χ2v) is 9.95. The molecule has 0 saturated carbocycles. The van der Waals surface area contributed by atoms with Crippen molar-refractivity contribution in [3.05, 3.63) is 45.4 Å². The van der Waals surface area contributed by atoms with Gasteiger partial charge in [-0.05, 0) is 41.5 Å². The number of fused-ring (bicyclic) bond motifs is 4. The quantitative estimate of drug-likeness (QED) is 0.655. The number of aromatic nitrogens is 1. The summed E-state index contributed by atoms with van der Waals surface area (Å²) in [7, 11) is 0. The van der Waals surface area contributed by atoms with E-state index >= 15 is 0 Å². The van der Waals surface area contributed by atoms with E-state index in [0.717, 1.165) is 23.1 Å². The van der Waals surface area contributed by atoms with Gasteiger partial charge in [0.1, 0.15) is 6.04 Å². The molecule has 4 rings (SSSR count). The maximum Gasteiger partial charge on any atom is 0.434 e. The molecule has 1 N–H and O–H groups in total. The molecule has 9 heteroatoms. The lowest BCUT2D eigenvalue weighted by atomic mass is 9.54. The van der Waals surface area contributed by atoms with Gasteiger partial charge in [-0.3, -0.25) is 4.79 Å². The van der Waals surface area contributed by atoms with Crippen molar-refractivity contribution in [2.75, 3.05) is 18.4 Å². The van der Waals surface area contributed by atoms with Crippen molar-refractivity contribution < 1.29 is 18.0 Å². The van der Waals surface area contributed by atoms with Gasteiger partial charge < -0.3 is 10.2 Å². The summed E-state index contributed by atoms with van der Waals surface area (Å²) in [6.45, 7) is 7.10. The van der Waals surface area contributed by atoms with Gasteiger partial charge in [-0.15, -0.1) is 11.3 Å². The van der Waals surface area contributed by atoms with Crippen LogP contribution in [0.2, 0.25) is 5.02 Å². The van der Waals surface area contributed by atoms with E-state index in [9.17, 15) is 18.0 Å².